The molecule has 0 N–H and O–H groups in total. The number of alkyl halides is 1. The van der Waals surface area contributed by atoms with Gasteiger partial charge in [-0.25, -0.2) is 0 Å². The number of hydrogen-bond donors (Lipinski definition) is 0. The molecule has 0 aromatic carbocycles. The van der Waals surface area contributed by atoms with E-state index in [9.17, 15) is 4.79 Å². The molecular formula is C10H12Br2ClNOS. The molecule has 0 fully saturated rings. The van der Waals surface area contributed by atoms with Crippen molar-refractivity contribution in [2.75, 3.05) is 12.4 Å². The molecule has 1 heterocycles. The molecule has 16 heavy (non-hydrogen) atoms. The zero-order valence-electron chi connectivity index (χ0n) is 8.97. The van der Waals surface area contributed by atoms with Gasteiger partial charge in [0, 0.05) is 18.5 Å². The lowest BCUT2D eigenvalue weighted by atomic mass is 10.2. The summed E-state index contributed by atoms with van der Waals surface area (Å²) in [6.07, 6.45) is 0. The van der Waals surface area contributed by atoms with Gasteiger partial charge in [-0.05, 0) is 51.8 Å². The van der Waals surface area contributed by atoms with Crippen LogP contribution in [0.1, 0.15) is 24.2 Å². The monoisotopic (exact) mass is 387 g/mol. The number of halogens is 3. The molecule has 1 amide bonds. The highest BCUT2D eigenvalue weighted by Crippen LogP contribution is 2.32. The van der Waals surface area contributed by atoms with Gasteiger partial charge in [0.2, 0.25) is 0 Å². The second kappa shape index (κ2) is 6.38. The van der Waals surface area contributed by atoms with E-state index >= 15 is 0 Å². The second-order valence-electron chi connectivity index (χ2n) is 3.52. The predicted octanol–water partition coefficient (Wildman–Crippen LogP) is 4.36. The van der Waals surface area contributed by atoms with Crippen LogP contribution in [-0.2, 0) is 0 Å². The lowest BCUT2D eigenvalue weighted by molar-refractivity contribution is 0.0718. The smallest absolute Gasteiger partial charge is 0.256 e. The summed E-state index contributed by atoms with van der Waals surface area (Å²) in [4.78, 5) is 14.0. The summed E-state index contributed by atoms with van der Waals surface area (Å²) in [5.41, 5.74) is 0.690. The maximum atomic E-state index is 12.2. The topological polar surface area (TPSA) is 20.3 Å². The van der Waals surface area contributed by atoms with Gasteiger partial charge in [0.25, 0.3) is 5.91 Å². The molecule has 0 saturated heterocycles. The average molecular weight is 390 g/mol. The number of carbonyl (C=O) groups is 1. The second-order valence-corrected chi connectivity index (χ2v) is 7.65. The van der Waals surface area contributed by atoms with Crippen LogP contribution in [0.25, 0.3) is 0 Å². The molecule has 2 nitrogen and oxygen atoms in total. The van der Waals surface area contributed by atoms with Gasteiger partial charge in [0.1, 0.15) is 0 Å². The third-order valence-electron chi connectivity index (χ3n) is 2.10. The quantitative estimate of drug-likeness (QED) is 0.701. The standard InChI is InChI=1S/C10H12Br2ClNOS/c1-6(2)14(4-3-13)10(15)7-5-8(11)16-9(7)12/h5-6H,3-4H2,1-2H3. The summed E-state index contributed by atoms with van der Waals surface area (Å²) in [6.45, 7) is 4.54. The summed E-state index contributed by atoms with van der Waals surface area (Å²) in [6, 6.07) is 1.98. The summed E-state index contributed by atoms with van der Waals surface area (Å²) in [5, 5.41) is 0. The number of rotatable bonds is 4. The van der Waals surface area contributed by atoms with Crippen LogP contribution < -0.4 is 0 Å². The Morgan fingerprint density at radius 2 is 2.19 bits per heavy atom. The van der Waals surface area contributed by atoms with Crippen molar-refractivity contribution in [1.82, 2.24) is 4.90 Å². The van der Waals surface area contributed by atoms with Crippen molar-refractivity contribution in [1.29, 1.82) is 0 Å². The first kappa shape index (κ1) is 14.5. The van der Waals surface area contributed by atoms with Crippen LogP contribution in [0.3, 0.4) is 0 Å². The Balaban J connectivity index is 2.94. The van der Waals surface area contributed by atoms with Gasteiger partial charge in [0.15, 0.2) is 0 Å². The van der Waals surface area contributed by atoms with Crippen LogP contribution in [0.15, 0.2) is 13.6 Å². The van der Waals surface area contributed by atoms with E-state index < -0.39 is 0 Å². The summed E-state index contributed by atoms with van der Waals surface area (Å²) in [7, 11) is 0. The number of thiophene rings is 1. The zero-order chi connectivity index (χ0) is 12.3. The van der Waals surface area contributed by atoms with Gasteiger partial charge < -0.3 is 4.90 Å². The van der Waals surface area contributed by atoms with Crippen LogP contribution in [0.4, 0.5) is 0 Å². The molecule has 0 saturated carbocycles. The van der Waals surface area contributed by atoms with E-state index in [0.29, 0.717) is 18.0 Å². The van der Waals surface area contributed by atoms with Gasteiger partial charge in [-0.2, -0.15) is 0 Å². The van der Waals surface area contributed by atoms with Crippen LogP contribution in [0, 0.1) is 0 Å². The van der Waals surface area contributed by atoms with E-state index in [0.717, 1.165) is 7.57 Å². The fourth-order valence-corrected chi connectivity index (χ4v) is 4.29. The Labute approximate surface area is 121 Å². The van der Waals surface area contributed by atoms with Gasteiger partial charge in [-0.1, -0.05) is 0 Å². The molecule has 0 bridgehead atoms. The number of amides is 1. The Kier molecular flexibility index (Phi) is 5.77. The first-order chi connectivity index (χ1) is 7.47. The maximum absolute atomic E-state index is 12.2. The van der Waals surface area contributed by atoms with E-state index in [1.807, 2.05) is 19.9 Å². The largest absolute Gasteiger partial charge is 0.335 e. The van der Waals surface area contributed by atoms with E-state index in [1.54, 1.807) is 4.90 Å². The highest BCUT2D eigenvalue weighted by atomic mass is 79.9. The number of nitrogens with zero attached hydrogens (tertiary/aromatic N) is 1. The fraction of sp³-hybridized carbons (Fsp3) is 0.500. The minimum absolute atomic E-state index is 0.0180. The Bertz CT molecular complexity index is 381. The SMILES string of the molecule is CC(C)N(CCCl)C(=O)c1cc(Br)sc1Br. The number of carbonyl (C=O) groups excluding carboxylic acids is 1. The Morgan fingerprint density at radius 1 is 1.56 bits per heavy atom. The van der Waals surface area contributed by atoms with Crippen molar-refractivity contribution in [3.05, 3.63) is 19.2 Å². The molecule has 0 aliphatic carbocycles. The fourth-order valence-electron chi connectivity index (χ4n) is 1.33. The molecule has 1 rings (SSSR count). The molecule has 6 heteroatoms. The van der Waals surface area contributed by atoms with E-state index in [4.69, 9.17) is 11.6 Å². The Hall–Kier alpha value is 0.420. The van der Waals surface area contributed by atoms with Crippen LogP contribution in [0.2, 0.25) is 0 Å². The first-order valence-corrected chi connectivity index (χ1v) is 7.72. The molecule has 0 aliphatic rings. The third-order valence-corrected chi connectivity index (χ3v) is 4.61. The summed E-state index contributed by atoms with van der Waals surface area (Å²) >= 11 is 14.0. The highest BCUT2D eigenvalue weighted by Gasteiger charge is 2.21. The van der Waals surface area contributed by atoms with Crippen molar-refractivity contribution in [2.24, 2.45) is 0 Å². The van der Waals surface area contributed by atoms with Gasteiger partial charge in [-0.15, -0.1) is 22.9 Å². The predicted molar refractivity (Wildman–Crippen MR) is 76.6 cm³/mol. The molecular weight excluding hydrogens is 377 g/mol. The van der Waals surface area contributed by atoms with Gasteiger partial charge >= 0.3 is 0 Å². The van der Waals surface area contributed by atoms with Crippen molar-refractivity contribution in [3.8, 4) is 0 Å². The van der Waals surface area contributed by atoms with Crippen LogP contribution in [0.5, 0.6) is 0 Å². The molecule has 1 aromatic rings. The van der Waals surface area contributed by atoms with Gasteiger partial charge in [-0.3, -0.25) is 4.79 Å². The van der Waals surface area contributed by atoms with Crippen molar-refractivity contribution < 1.29 is 4.79 Å². The minimum atomic E-state index is 0.0180. The summed E-state index contributed by atoms with van der Waals surface area (Å²) in [5.74, 6) is 0.469. The normalized spacial score (nSPS) is 10.9. The molecule has 0 radical (unpaired) electrons. The lowest BCUT2D eigenvalue weighted by Gasteiger charge is -2.25. The summed E-state index contributed by atoms with van der Waals surface area (Å²) < 4.78 is 1.79. The number of hydrogen-bond acceptors (Lipinski definition) is 2. The Morgan fingerprint density at radius 3 is 2.56 bits per heavy atom. The lowest BCUT2D eigenvalue weighted by Crippen LogP contribution is -2.38. The molecule has 0 spiro atoms. The highest BCUT2D eigenvalue weighted by molar-refractivity contribution is 9.12. The first-order valence-electron chi connectivity index (χ1n) is 4.79. The van der Waals surface area contributed by atoms with Crippen molar-refractivity contribution in [2.45, 2.75) is 19.9 Å². The van der Waals surface area contributed by atoms with Crippen LogP contribution >= 0.6 is 54.8 Å². The van der Waals surface area contributed by atoms with Crippen molar-refractivity contribution in [3.63, 3.8) is 0 Å². The minimum Gasteiger partial charge on any atom is -0.335 e. The molecule has 0 atom stereocenters. The maximum Gasteiger partial charge on any atom is 0.256 e. The van der Waals surface area contributed by atoms with Crippen molar-refractivity contribution >= 4 is 60.7 Å². The van der Waals surface area contributed by atoms with E-state index in [-0.39, 0.29) is 11.9 Å². The average Bonchev–Trinajstić information content (AvgIpc) is 2.53. The molecule has 90 valence electrons. The van der Waals surface area contributed by atoms with Gasteiger partial charge in [0.05, 0.1) is 13.1 Å². The third kappa shape index (κ3) is 3.45. The van der Waals surface area contributed by atoms with Crippen LogP contribution in [-0.4, -0.2) is 29.3 Å². The van der Waals surface area contributed by atoms with E-state index in [2.05, 4.69) is 31.9 Å². The molecule has 0 unspecified atom stereocenters. The molecule has 1 aromatic heterocycles. The molecule has 0 aliphatic heterocycles. The van der Waals surface area contributed by atoms with E-state index in [1.165, 1.54) is 11.3 Å². The zero-order valence-corrected chi connectivity index (χ0v) is 13.7.